The van der Waals surface area contributed by atoms with E-state index in [0.29, 0.717) is 19.4 Å². The second-order valence-corrected chi connectivity index (χ2v) is 2.87. The van der Waals surface area contributed by atoms with Crippen LogP contribution in [0, 0.1) is 0 Å². The number of hydrogen-bond donors (Lipinski definition) is 3. The van der Waals surface area contributed by atoms with Crippen LogP contribution in [-0.2, 0) is 9.59 Å². The van der Waals surface area contributed by atoms with Crippen molar-refractivity contribution in [2.24, 2.45) is 5.73 Å². The van der Waals surface area contributed by atoms with Crippen molar-refractivity contribution >= 4 is 11.9 Å². The number of aliphatic carboxylic acids is 1. The molecule has 5 heteroatoms. The number of unbranched alkanes of at least 4 members (excludes halogenated alkanes) is 1. The zero-order valence-electron chi connectivity index (χ0n) is 7.75. The number of nitrogens with one attached hydrogen (secondary N) is 1. The lowest BCUT2D eigenvalue weighted by atomic mass is 10.2. The van der Waals surface area contributed by atoms with Crippen molar-refractivity contribution in [1.29, 1.82) is 0 Å². The monoisotopic (exact) mass is 188 g/mol. The van der Waals surface area contributed by atoms with Crippen LogP contribution >= 0.6 is 0 Å². The minimum absolute atomic E-state index is 0.233. The summed E-state index contributed by atoms with van der Waals surface area (Å²) >= 11 is 0. The third kappa shape index (κ3) is 6.10. The minimum Gasteiger partial charge on any atom is -0.480 e. The van der Waals surface area contributed by atoms with E-state index in [1.165, 1.54) is 6.92 Å². The molecule has 0 bridgehead atoms. The van der Waals surface area contributed by atoms with Crippen LogP contribution in [0.5, 0.6) is 0 Å². The van der Waals surface area contributed by atoms with E-state index in [0.717, 1.165) is 6.42 Å². The molecule has 0 aromatic carbocycles. The first-order valence-corrected chi connectivity index (χ1v) is 4.30. The number of carbonyl (C=O) groups excluding carboxylic acids is 1. The van der Waals surface area contributed by atoms with Crippen LogP contribution in [0.1, 0.15) is 26.2 Å². The molecule has 1 amide bonds. The number of carboxylic acids is 1. The number of nitrogens with two attached hydrogens (primary N) is 1. The van der Waals surface area contributed by atoms with Crippen molar-refractivity contribution in [2.45, 2.75) is 32.2 Å². The number of rotatable bonds is 6. The molecule has 0 rings (SSSR count). The molecule has 0 fully saturated rings. The summed E-state index contributed by atoms with van der Waals surface area (Å²) in [6, 6.07) is -0.814. The van der Waals surface area contributed by atoms with Gasteiger partial charge in [-0.25, -0.2) is 0 Å². The fraction of sp³-hybridized carbons (Fsp3) is 0.750. The van der Waals surface area contributed by atoms with Gasteiger partial charge in [-0.05, 0) is 26.3 Å². The highest BCUT2D eigenvalue weighted by atomic mass is 16.4. The number of hydrogen-bond acceptors (Lipinski definition) is 3. The Bertz CT molecular complexity index is 182. The molecular weight excluding hydrogens is 172 g/mol. The lowest BCUT2D eigenvalue weighted by molar-refractivity contribution is -0.141. The first-order valence-electron chi connectivity index (χ1n) is 4.30. The Morgan fingerprint density at radius 1 is 1.46 bits per heavy atom. The smallest absolute Gasteiger partial charge is 0.325 e. The second kappa shape index (κ2) is 6.42. The van der Waals surface area contributed by atoms with E-state index in [9.17, 15) is 9.59 Å². The Kier molecular flexibility index (Phi) is 5.88. The van der Waals surface area contributed by atoms with E-state index < -0.39 is 12.0 Å². The lowest BCUT2D eigenvalue weighted by Crippen LogP contribution is -2.38. The van der Waals surface area contributed by atoms with Gasteiger partial charge in [-0.3, -0.25) is 9.59 Å². The van der Waals surface area contributed by atoms with Crippen LogP contribution in [0.4, 0.5) is 0 Å². The quantitative estimate of drug-likeness (QED) is 0.499. The summed E-state index contributed by atoms with van der Waals surface area (Å²) in [7, 11) is 0. The third-order valence-electron chi connectivity index (χ3n) is 1.61. The molecule has 0 aliphatic rings. The summed E-state index contributed by atoms with van der Waals surface area (Å²) in [6.07, 6.45) is 1.83. The molecule has 76 valence electrons. The van der Waals surface area contributed by atoms with Crippen molar-refractivity contribution in [2.75, 3.05) is 6.54 Å². The average Bonchev–Trinajstić information content (AvgIpc) is 2.04. The van der Waals surface area contributed by atoms with Crippen LogP contribution < -0.4 is 11.1 Å². The van der Waals surface area contributed by atoms with E-state index in [4.69, 9.17) is 10.8 Å². The number of amides is 1. The highest BCUT2D eigenvalue weighted by molar-refractivity contribution is 5.83. The fourth-order valence-electron chi connectivity index (χ4n) is 0.805. The largest absolute Gasteiger partial charge is 0.480 e. The van der Waals surface area contributed by atoms with Gasteiger partial charge in [0.25, 0.3) is 0 Å². The average molecular weight is 188 g/mol. The van der Waals surface area contributed by atoms with Crippen LogP contribution in [0.3, 0.4) is 0 Å². The molecule has 0 heterocycles. The van der Waals surface area contributed by atoms with E-state index in [1.54, 1.807) is 0 Å². The summed E-state index contributed by atoms with van der Waals surface area (Å²) in [5, 5.41) is 10.8. The maximum Gasteiger partial charge on any atom is 0.325 e. The molecule has 4 N–H and O–H groups in total. The molecular formula is C8H16N2O3. The Balaban J connectivity index is 3.56. The van der Waals surface area contributed by atoms with Crippen LogP contribution in [0.2, 0.25) is 0 Å². The predicted octanol–water partition coefficient (Wildman–Crippen LogP) is -0.295. The molecule has 0 spiro atoms. The minimum atomic E-state index is -1.02. The molecule has 0 aromatic heterocycles. The van der Waals surface area contributed by atoms with Gasteiger partial charge in [0.1, 0.15) is 6.04 Å². The van der Waals surface area contributed by atoms with Crippen LogP contribution in [0.15, 0.2) is 0 Å². The zero-order valence-corrected chi connectivity index (χ0v) is 7.75. The second-order valence-electron chi connectivity index (χ2n) is 2.87. The molecule has 0 radical (unpaired) electrons. The summed E-state index contributed by atoms with van der Waals surface area (Å²) in [5.74, 6) is -1.25. The van der Waals surface area contributed by atoms with E-state index in [1.807, 2.05) is 0 Å². The lowest BCUT2D eigenvalue weighted by Gasteiger charge is -2.08. The normalized spacial score (nSPS) is 12.2. The highest BCUT2D eigenvalue weighted by Gasteiger charge is 2.12. The van der Waals surface area contributed by atoms with Crippen molar-refractivity contribution in [3.05, 3.63) is 0 Å². The Labute approximate surface area is 77.3 Å². The molecule has 0 aromatic rings. The first kappa shape index (κ1) is 11.9. The van der Waals surface area contributed by atoms with Gasteiger partial charge in [0.15, 0.2) is 0 Å². The van der Waals surface area contributed by atoms with Gasteiger partial charge >= 0.3 is 5.97 Å². The van der Waals surface area contributed by atoms with Gasteiger partial charge in [-0.2, -0.15) is 0 Å². The predicted molar refractivity (Wildman–Crippen MR) is 48.1 cm³/mol. The van der Waals surface area contributed by atoms with Gasteiger partial charge < -0.3 is 16.2 Å². The highest BCUT2D eigenvalue weighted by Crippen LogP contribution is 1.94. The molecule has 1 atom stereocenters. The van der Waals surface area contributed by atoms with Crippen molar-refractivity contribution in [3.63, 3.8) is 0 Å². The van der Waals surface area contributed by atoms with E-state index >= 15 is 0 Å². The summed E-state index contributed by atoms with van der Waals surface area (Å²) in [6.45, 7) is 1.99. The molecule has 0 aliphatic heterocycles. The molecule has 0 unspecified atom stereocenters. The molecule has 5 nitrogen and oxygen atoms in total. The number of carbonyl (C=O) groups is 2. The van der Waals surface area contributed by atoms with Crippen LogP contribution in [0.25, 0.3) is 0 Å². The first-order chi connectivity index (χ1) is 6.07. The summed E-state index contributed by atoms with van der Waals surface area (Å²) < 4.78 is 0. The van der Waals surface area contributed by atoms with Gasteiger partial charge in [-0.1, -0.05) is 0 Å². The zero-order chi connectivity index (χ0) is 10.3. The fourth-order valence-corrected chi connectivity index (χ4v) is 0.805. The maximum atomic E-state index is 11.0. The standard InChI is InChI=1S/C8H16N2O3/c1-6(8(12)13)10-7(11)4-2-3-5-9/h6H,2-5,9H2,1H3,(H,10,11)(H,12,13)/t6-/m0/s1. The Morgan fingerprint density at radius 2 is 2.08 bits per heavy atom. The van der Waals surface area contributed by atoms with Crippen molar-refractivity contribution < 1.29 is 14.7 Å². The Hall–Kier alpha value is -1.10. The maximum absolute atomic E-state index is 11.0. The van der Waals surface area contributed by atoms with Gasteiger partial charge in [0.05, 0.1) is 0 Å². The third-order valence-corrected chi connectivity index (χ3v) is 1.61. The van der Waals surface area contributed by atoms with Crippen molar-refractivity contribution in [1.82, 2.24) is 5.32 Å². The van der Waals surface area contributed by atoms with E-state index in [2.05, 4.69) is 5.32 Å². The molecule has 0 aliphatic carbocycles. The Morgan fingerprint density at radius 3 is 2.54 bits per heavy atom. The molecule has 0 saturated heterocycles. The molecule has 0 saturated carbocycles. The van der Waals surface area contributed by atoms with E-state index in [-0.39, 0.29) is 5.91 Å². The summed E-state index contributed by atoms with van der Waals surface area (Å²) in [4.78, 5) is 21.3. The topological polar surface area (TPSA) is 92.4 Å². The van der Waals surface area contributed by atoms with Crippen molar-refractivity contribution in [3.8, 4) is 0 Å². The number of carboxylic acid groups (broad SMARTS) is 1. The summed E-state index contributed by atoms with van der Waals surface area (Å²) in [5.41, 5.74) is 5.24. The van der Waals surface area contributed by atoms with Gasteiger partial charge in [0.2, 0.25) is 5.91 Å². The van der Waals surface area contributed by atoms with Gasteiger partial charge in [0, 0.05) is 6.42 Å². The SMILES string of the molecule is C[C@H](NC(=O)CCCCN)C(=O)O. The van der Waals surface area contributed by atoms with Crippen LogP contribution in [-0.4, -0.2) is 29.6 Å². The molecule has 13 heavy (non-hydrogen) atoms. The van der Waals surface area contributed by atoms with Gasteiger partial charge in [-0.15, -0.1) is 0 Å².